The van der Waals surface area contributed by atoms with Crippen LogP contribution < -0.4 is 5.32 Å². The lowest BCUT2D eigenvalue weighted by Gasteiger charge is -2.08. The number of anilines is 1. The number of ether oxygens (including phenoxy) is 1. The summed E-state index contributed by atoms with van der Waals surface area (Å²) in [6.45, 7) is 1.40. The second-order valence-corrected chi connectivity index (χ2v) is 4.10. The largest absolute Gasteiger partial charge is 0.508 e. The highest BCUT2D eigenvalue weighted by Gasteiger charge is 2.12. The van der Waals surface area contributed by atoms with E-state index in [1.807, 2.05) is 0 Å². The van der Waals surface area contributed by atoms with Crippen LogP contribution in [0.1, 0.15) is 17.3 Å². The second-order valence-electron chi connectivity index (χ2n) is 4.10. The number of rotatable bonds is 2. The molecule has 0 aliphatic heterocycles. The van der Waals surface area contributed by atoms with Crippen molar-refractivity contribution in [3.05, 3.63) is 35.9 Å². The van der Waals surface area contributed by atoms with E-state index in [2.05, 4.69) is 10.1 Å². The van der Waals surface area contributed by atoms with Gasteiger partial charge in [0.1, 0.15) is 5.75 Å². The number of fused-ring (bicyclic) bond motifs is 1. The molecular weight excluding hydrogens is 246 g/mol. The third kappa shape index (κ3) is 2.65. The van der Waals surface area contributed by atoms with Gasteiger partial charge in [0.2, 0.25) is 5.91 Å². The van der Waals surface area contributed by atoms with Gasteiger partial charge in [0.05, 0.1) is 12.7 Å². The average molecular weight is 259 g/mol. The predicted molar refractivity (Wildman–Crippen MR) is 71.3 cm³/mol. The fraction of sp³-hybridized carbons (Fsp3) is 0.143. The van der Waals surface area contributed by atoms with Crippen LogP contribution in [0, 0.1) is 0 Å². The van der Waals surface area contributed by atoms with Crippen LogP contribution in [0.25, 0.3) is 10.8 Å². The maximum absolute atomic E-state index is 11.7. The van der Waals surface area contributed by atoms with Gasteiger partial charge in [0.25, 0.3) is 0 Å². The van der Waals surface area contributed by atoms with Crippen molar-refractivity contribution in [1.29, 1.82) is 0 Å². The molecule has 0 radical (unpaired) electrons. The first-order chi connectivity index (χ1) is 9.01. The highest BCUT2D eigenvalue weighted by molar-refractivity contribution is 6.06. The van der Waals surface area contributed by atoms with E-state index in [0.717, 1.165) is 0 Å². The quantitative estimate of drug-likeness (QED) is 0.811. The molecule has 2 rings (SSSR count). The van der Waals surface area contributed by atoms with Crippen molar-refractivity contribution in [3.8, 4) is 5.75 Å². The second kappa shape index (κ2) is 4.97. The van der Waals surface area contributed by atoms with Crippen molar-refractivity contribution in [1.82, 2.24) is 0 Å². The number of esters is 1. The molecule has 0 bridgehead atoms. The minimum Gasteiger partial charge on any atom is -0.508 e. The van der Waals surface area contributed by atoms with Crippen LogP contribution in [0.2, 0.25) is 0 Å². The molecule has 5 heteroatoms. The standard InChI is InChI=1S/C14H13NO4/c1-8(16)15-10-4-3-9-5-11(17)7-13(12(9)6-10)14(18)19-2/h3-7,17H,1-2H3,(H,15,16). The van der Waals surface area contributed by atoms with Gasteiger partial charge in [0, 0.05) is 12.6 Å². The monoisotopic (exact) mass is 259 g/mol. The van der Waals surface area contributed by atoms with E-state index in [1.165, 1.54) is 20.1 Å². The van der Waals surface area contributed by atoms with E-state index >= 15 is 0 Å². The molecule has 0 fully saturated rings. The Kier molecular flexibility index (Phi) is 3.37. The Morgan fingerprint density at radius 2 is 1.95 bits per heavy atom. The molecule has 0 heterocycles. The highest BCUT2D eigenvalue weighted by atomic mass is 16.5. The molecule has 98 valence electrons. The normalized spacial score (nSPS) is 10.2. The number of nitrogens with one attached hydrogen (secondary N) is 1. The van der Waals surface area contributed by atoms with Crippen molar-refractivity contribution < 1.29 is 19.4 Å². The summed E-state index contributed by atoms with van der Waals surface area (Å²) in [4.78, 5) is 22.7. The summed E-state index contributed by atoms with van der Waals surface area (Å²) in [5, 5.41) is 13.5. The summed E-state index contributed by atoms with van der Waals surface area (Å²) >= 11 is 0. The lowest BCUT2D eigenvalue weighted by Crippen LogP contribution is -2.06. The number of aromatic hydroxyl groups is 1. The van der Waals surface area contributed by atoms with Gasteiger partial charge in [-0.3, -0.25) is 4.79 Å². The maximum atomic E-state index is 11.7. The number of phenols is 1. The van der Waals surface area contributed by atoms with Crippen molar-refractivity contribution in [2.24, 2.45) is 0 Å². The Balaban J connectivity index is 2.64. The Labute approximate surface area is 109 Å². The third-order valence-corrected chi connectivity index (χ3v) is 2.66. The van der Waals surface area contributed by atoms with Gasteiger partial charge in [-0.2, -0.15) is 0 Å². The molecule has 2 N–H and O–H groups in total. The Bertz CT molecular complexity index is 664. The maximum Gasteiger partial charge on any atom is 0.338 e. The van der Waals surface area contributed by atoms with E-state index in [4.69, 9.17) is 0 Å². The molecule has 2 aromatic rings. The Hall–Kier alpha value is -2.56. The topological polar surface area (TPSA) is 75.6 Å². The number of carbonyl (C=O) groups is 2. The summed E-state index contributed by atoms with van der Waals surface area (Å²) in [7, 11) is 1.27. The van der Waals surface area contributed by atoms with Crippen molar-refractivity contribution >= 4 is 28.3 Å². The molecular formula is C14H13NO4. The smallest absolute Gasteiger partial charge is 0.338 e. The molecule has 0 aliphatic rings. The number of methoxy groups -OCH3 is 1. The van der Waals surface area contributed by atoms with Gasteiger partial charge in [0.15, 0.2) is 0 Å². The minimum atomic E-state index is -0.541. The van der Waals surface area contributed by atoms with Gasteiger partial charge in [-0.25, -0.2) is 4.79 Å². The molecule has 0 atom stereocenters. The van der Waals surface area contributed by atoms with Gasteiger partial charge in [-0.1, -0.05) is 6.07 Å². The molecule has 0 saturated heterocycles. The third-order valence-electron chi connectivity index (χ3n) is 2.66. The Morgan fingerprint density at radius 3 is 2.58 bits per heavy atom. The summed E-state index contributed by atoms with van der Waals surface area (Å²) < 4.78 is 4.68. The zero-order valence-electron chi connectivity index (χ0n) is 10.6. The van der Waals surface area contributed by atoms with Crippen LogP contribution >= 0.6 is 0 Å². The van der Waals surface area contributed by atoms with Gasteiger partial charge in [-0.05, 0) is 35.0 Å². The predicted octanol–water partition coefficient (Wildman–Crippen LogP) is 2.29. The number of hydrogen-bond acceptors (Lipinski definition) is 4. The fourth-order valence-electron chi connectivity index (χ4n) is 1.90. The van der Waals surface area contributed by atoms with Crippen molar-refractivity contribution in [2.45, 2.75) is 6.92 Å². The summed E-state index contributed by atoms with van der Waals surface area (Å²) in [5.74, 6) is -0.751. The molecule has 0 spiro atoms. The van der Waals surface area contributed by atoms with Gasteiger partial charge >= 0.3 is 5.97 Å². The zero-order valence-corrected chi connectivity index (χ0v) is 10.6. The average Bonchev–Trinajstić information content (AvgIpc) is 2.36. The molecule has 2 aromatic carbocycles. The number of phenolic OH excluding ortho intramolecular Hbond substituents is 1. The van der Waals surface area contributed by atoms with Crippen LogP contribution in [0.4, 0.5) is 5.69 Å². The summed E-state index contributed by atoms with van der Waals surface area (Å²) in [6.07, 6.45) is 0. The zero-order chi connectivity index (χ0) is 14.0. The van der Waals surface area contributed by atoms with E-state index in [-0.39, 0.29) is 17.2 Å². The van der Waals surface area contributed by atoms with E-state index in [0.29, 0.717) is 16.5 Å². The first-order valence-electron chi connectivity index (χ1n) is 5.64. The van der Waals surface area contributed by atoms with E-state index < -0.39 is 5.97 Å². The van der Waals surface area contributed by atoms with Crippen molar-refractivity contribution in [2.75, 3.05) is 12.4 Å². The SMILES string of the molecule is COC(=O)c1cc(O)cc2ccc(NC(C)=O)cc12. The number of amides is 1. The summed E-state index contributed by atoms with van der Waals surface area (Å²) in [5.41, 5.74) is 0.834. The fourth-order valence-corrected chi connectivity index (χ4v) is 1.90. The molecule has 19 heavy (non-hydrogen) atoms. The lowest BCUT2D eigenvalue weighted by atomic mass is 10.0. The molecule has 0 aromatic heterocycles. The molecule has 0 aliphatic carbocycles. The molecule has 5 nitrogen and oxygen atoms in total. The number of hydrogen-bond donors (Lipinski definition) is 2. The van der Waals surface area contributed by atoms with Gasteiger partial charge in [-0.15, -0.1) is 0 Å². The van der Waals surface area contributed by atoms with E-state index in [9.17, 15) is 14.7 Å². The van der Waals surface area contributed by atoms with E-state index in [1.54, 1.807) is 24.3 Å². The first-order valence-corrected chi connectivity index (χ1v) is 5.64. The van der Waals surface area contributed by atoms with Crippen LogP contribution in [-0.4, -0.2) is 24.1 Å². The molecule has 0 saturated carbocycles. The first kappa shape index (κ1) is 12.9. The van der Waals surface area contributed by atoms with Crippen molar-refractivity contribution in [3.63, 3.8) is 0 Å². The summed E-state index contributed by atoms with van der Waals surface area (Å²) in [6, 6.07) is 7.96. The van der Waals surface area contributed by atoms with Crippen LogP contribution in [-0.2, 0) is 9.53 Å². The molecule has 1 amide bonds. The lowest BCUT2D eigenvalue weighted by molar-refractivity contribution is -0.114. The minimum absolute atomic E-state index is 0.0137. The molecule has 0 unspecified atom stereocenters. The number of benzene rings is 2. The van der Waals surface area contributed by atoms with Crippen LogP contribution in [0.3, 0.4) is 0 Å². The van der Waals surface area contributed by atoms with Crippen LogP contribution in [0.5, 0.6) is 5.75 Å². The number of carbonyl (C=O) groups excluding carboxylic acids is 2. The highest BCUT2D eigenvalue weighted by Crippen LogP contribution is 2.28. The van der Waals surface area contributed by atoms with Crippen LogP contribution in [0.15, 0.2) is 30.3 Å². The van der Waals surface area contributed by atoms with Gasteiger partial charge < -0.3 is 15.2 Å². The Morgan fingerprint density at radius 1 is 1.21 bits per heavy atom.